The first-order valence-electron chi connectivity index (χ1n) is 5.38. The van der Waals surface area contributed by atoms with Crippen LogP contribution in [0.25, 0.3) is 0 Å². The van der Waals surface area contributed by atoms with Gasteiger partial charge in [0.15, 0.2) is 17.1 Å². The molecule has 0 bridgehead atoms. The summed E-state index contributed by atoms with van der Waals surface area (Å²) in [6.07, 6.45) is 0.761. The molecule has 0 saturated heterocycles. The van der Waals surface area contributed by atoms with Gasteiger partial charge in [-0.2, -0.15) is 0 Å². The molecule has 0 atom stereocenters. The number of ether oxygens (including phenoxy) is 1. The largest absolute Gasteiger partial charge is 0.503 e. The van der Waals surface area contributed by atoms with Gasteiger partial charge >= 0.3 is 5.97 Å². The number of phenols is 5. The Morgan fingerprint density at radius 2 is 1.32 bits per heavy atom. The monoisotopic (exact) mass is 274 g/mol. The molecular formula is C11H14O8. The number of phenolic OH excluding ortho intramolecular Hbond substituents is 5. The number of aromatic hydroxyl groups is 5. The van der Waals surface area contributed by atoms with Crippen LogP contribution in [0.1, 0.15) is 23.2 Å². The number of unbranched alkanes of at least 4 members (excludes halogenated alkanes) is 1. The van der Waals surface area contributed by atoms with Crippen molar-refractivity contribution in [3.63, 3.8) is 0 Å². The van der Waals surface area contributed by atoms with Gasteiger partial charge in [-0.3, -0.25) is 0 Å². The molecule has 8 nitrogen and oxygen atoms in total. The zero-order valence-electron chi connectivity index (χ0n) is 9.83. The molecule has 0 fully saturated rings. The number of esters is 1. The molecule has 0 aliphatic carbocycles. The predicted molar refractivity (Wildman–Crippen MR) is 61.4 cm³/mol. The lowest BCUT2D eigenvalue weighted by Gasteiger charge is -2.11. The summed E-state index contributed by atoms with van der Waals surface area (Å²) in [5.74, 6) is -6.81. The van der Waals surface area contributed by atoms with Gasteiger partial charge in [-0.05, 0) is 12.8 Å². The number of hydrogen-bond donors (Lipinski definition) is 6. The lowest BCUT2D eigenvalue weighted by Crippen LogP contribution is -2.08. The fraction of sp³-hybridized carbons (Fsp3) is 0.364. The summed E-state index contributed by atoms with van der Waals surface area (Å²) in [6, 6.07) is 0. The van der Waals surface area contributed by atoms with E-state index in [1.54, 1.807) is 0 Å². The van der Waals surface area contributed by atoms with Crippen LogP contribution in [0.4, 0.5) is 0 Å². The Morgan fingerprint density at radius 1 is 0.842 bits per heavy atom. The molecule has 0 unspecified atom stereocenters. The molecule has 0 spiro atoms. The second-order valence-corrected chi connectivity index (χ2v) is 3.68. The lowest BCUT2D eigenvalue weighted by molar-refractivity contribution is 0.0484. The molecule has 0 saturated carbocycles. The minimum Gasteiger partial charge on any atom is -0.503 e. The number of benzene rings is 1. The molecule has 106 valence electrons. The summed E-state index contributed by atoms with van der Waals surface area (Å²) in [6.45, 7) is -0.157. The van der Waals surface area contributed by atoms with Crippen molar-refractivity contribution in [3.05, 3.63) is 5.56 Å². The quantitative estimate of drug-likeness (QED) is 0.192. The van der Waals surface area contributed by atoms with Crippen LogP contribution in [0.3, 0.4) is 0 Å². The van der Waals surface area contributed by atoms with Crippen LogP contribution in [0, 0.1) is 0 Å². The molecule has 1 rings (SSSR count). The molecule has 0 radical (unpaired) electrons. The second-order valence-electron chi connectivity index (χ2n) is 3.68. The Morgan fingerprint density at radius 3 is 1.79 bits per heavy atom. The minimum atomic E-state index is -1.18. The van der Waals surface area contributed by atoms with Gasteiger partial charge < -0.3 is 35.4 Å². The predicted octanol–water partition coefficient (Wildman–Crippen LogP) is 0.144. The highest BCUT2D eigenvalue weighted by molar-refractivity contribution is 5.98. The van der Waals surface area contributed by atoms with E-state index in [1.807, 2.05) is 0 Å². The van der Waals surface area contributed by atoms with Crippen molar-refractivity contribution in [1.82, 2.24) is 0 Å². The topological polar surface area (TPSA) is 148 Å². The van der Waals surface area contributed by atoms with Gasteiger partial charge in [-0.1, -0.05) is 0 Å². The van der Waals surface area contributed by atoms with Gasteiger partial charge in [-0.15, -0.1) is 0 Å². The van der Waals surface area contributed by atoms with E-state index in [0.717, 1.165) is 0 Å². The summed E-state index contributed by atoms with van der Waals surface area (Å²) in [5.41, 5.74) is -0.850. The van der Waals surface area contributed by atoms with E-state index in [-0.39, 0.29) is 13.2 Å². The summed E-state index contributed by atoms with van der Waals surface area (Å²) in [4.78, 5) is 11.6. The fourth-order valence-electron chi connectivity index (χ4n) is 1.33. The van der Waals surface area contributed by atoms with Crippen LogP contribution < -0.4 is 0 Å². The van der Waals surface area contributed by atoms with E-state index in [9.17, 15) is 25.2 Å². The van der Waals surface area contributed by atoms with Crippen molar-refractivity contribution in [2.75, 3.05) is 13.2 Å². The van der Waals surface area contributed by atoms with Crippen molar-refractivity contribution >= 4 is 5.97 Å². The summed E-state index contributed by atoms with van der Waals surface area (Å²) in [5, 5.41) is 55.0. The van der Waals surface area contributed by atoms with E-state index >= 15 is 0 Å². The Balaban J connectivity index is 2.97. The zero-order chi connectivity index (χ0) is 14.6. The Bertz CT molecular complexity index is 453. The van der Waals surface area contributed by atoms with Crippen LogP contribution in [0.5, 0.6) is 28.7 Å². The average molecular weight is 274 g/mol. The molecule has 0 amide bonds. The van der Waals surface area contributed by atoms with Crippen molar-refractivity contribution in [3.8, 4) is 28.7 Å². The normalized spacial score (nSPS) is 10.4. The van der Waals surface area contributed by atoms with Gasteiger partial charge in [0.1, 0.15) is 0 Å². The van der Waals surface area contributed by atoms with E-state index in [1.165, 1.54) is 0 Å². The Hall–Kier alpha value is -2.35. The first-order valence-corrected chi connectivity index (χ1v) is 5.38. The third kappa shape index (κ3) is 2.91. The highest BCUT2D eigenvalue weighted by Gasteiger charge is 2.28. The average Bonchev–Trinajstić information content (AvgIpc) is 2.39. The maximum atomic E-state index is 11.6. The molecule has 0 heterocycles. The lowest BCUT2D eigenvalue weighted by atomic mass is 10.1. The fourth-order valence-corrected chi connectivity index (χ4v) is 1.33. The third-order valence-corrected chi connectivity index (χ3v) is 2.36. The van der Waals surface area contributed by atoms with Crippen molar-refractivity contribution in [2.24, 2.45) is 0 Å². The van der Waals surface area contributed by atoms with Gasteiger partial charge in [-0.25, -0.2) is 4.79 Å². The zero-order valence-corrected chi connectivity index (χ0v) is 9.83. The van der Waals surface area contributed by atoms with Gasteiger partial charge in [0.25, 0.3) is 0 Å². The highest BCUT2D eigenvalue weighted by atomic mass is 16.5. The molecule has 0 aliphatic rings. The van der Waals surface area contributed by atoms with E-state index in [0.29, 0.717) is 12.8 Å². The summed E-state index contributed by atoms with van der Waals surface area (Å²) >= 11 is 0. The first kappa shape index (κ1) is 14.7. The van der Waals surface area contributed by atoms with Gasteiger partial charge in [0.05, 0.1) is 6.61 Å². The first-order chi connectivity index (χ1) is 8.91. The summed E-state index contributed by atoms with van der Waals surface area (Å²) in [7, 11) is 0. The highest BCUT2D eigenvalue weighted by Crippen LogP contribution is 2.50. The van der Waals surface area contributed by atoms with Gasteiger partial charge in [0.2, 0.25) is 17.2 Å². The number of rotatable bonds is 5. The molecule has 1 aromatic rings. The SMILES string of the molecule is O=C(OCCCCO)c1c(O)c(O)c(O)c(O)c1O. The number of aliphatic hydroxyl groups is 1. The van der Waals surface area contributed by atoms with Crippen LogP contribution in [-0.2, 0) is 4.74 Å². The molecule has 0 aliphatic heterocycles. The number of hydrogen-bond acceptors (Lipinski definition) is 8. The molecule has 6 N–H and O–H groups in total. The maximum Gasteiger partial charge on any atom is 0.346 e. The Kier molecular flexibility index (Phi) is 4.65. The molecule has 0 aromatic heterocycles. The van der Waals surface area contributed by atoms with Crippen LogP contribution in [0.15, 0.2) is 0 Å². The van der Waals surface area contributed by atoms with Crippen molar-refractivity contribution in [1.29, 1.82) is 0 Å². The second kappa shape index (κ2) is 6.01. The minimum absolute atomic E-state index is 0.0746. The number of carbonyl (C=O) groups excluding carboxylic acids is 1. The Labute approximate surface area is 107 Å². The maximum absolute atomic E-state index is 11.6. The van der Waals surface area contributed by atoms with Crippen LogP contribution in [0.2, 0.25) is 0 Å². The van der Waals surface area contributed by atoms with Crippen LogP contribution in [-0.4, -0.2) is 49.8 Å². The van der Waals surface area contributed by atoms with Crippen molar-refractivity contribution in [2.45, 2.75) is 12.8 Å². The number of carbonyl (C=O) groups is 1. The van der Waals surface area contributed by atoms with E-state index in [2.05, 4.69) is 4.74 Å². The van der Waals surface area contributed by atoms with Crippen molar-refractivity contribution < 1.29 is 40.2 Å². The third-order valence-electron chi connectivity index (χ3n) is 2.36. The molecule has 1 aromatic carbocycles. The molecule has 19 heavy (non-hydrogen) atoms. The van der Waals surface area contributed by atoms with Gasteiger partial charge in [0, 0.05) is 6.61 Å². The summed E-state index contributed by atoms with van der Waals surface area (Å²) < 4.78 is 4.67. The standard InChI is InChI=1S/C11H14O8/c12-3-1-2-4-19-11(18)5-6(13)8(15)10(17)9(16)7(5)14/h12-17H,1-4H2. The molecular weight excluding hydrogens is 260 g/mol. The number of aliphatic hydroxyl groups excluding tert-OH is 1. The van der Waals surface area contributed by atoms with E-state index < -0.39 is 40.3 Å². The van der Waals surface area contributed by atoms with Crippen LogP contribution >= 0.6 is 0 Å². The molecule has 8 heteroatoms. The van der Waals surface area contributed by atoms with E-state index in [4.69, 9.17) is 10.2 Å². The smallest absolute Gasteiger partial charge is 0.346 e.